The second-order valence-electron chi connectivity index (χ2n) is 6.23. The smallest absolute Gasteiger partial charge is 0.410 e. The molecule has 0 aromatic carbocycles. The summed E-state index contributed by atoms with van der Waals surface area (Å²) < 4.78 is 5.34. The fourth-order valence-electron chi connectivity index (χ4n) is 1.99. The SMILES string of the molecule is CC(C)N[C@H]1C[C@H](N(C)C(=O)OC(C)(C)C)C1. The highest BCUT2D eigenvalue weighted by Gasteiger charge is 2.35. The van der Waals surface area contributed by atoms with Crippen LogP contribution in [0.5, 0.6) is 0 Å². The van der Waals surface area contributed by atoms with E-state index in [9.17, 15) is 4.79 Å². The van der Waals surface area contributed by atoms with Crippen LogP contribution < -0.4 is 5.32 Å². The number of carbonyl (C=O) groups excluding carboxylic acids is 1. The first-order valence-electron chi connectivity index (χ1n) is 6.41. The van der Waals surface area contributed by atoms with Gasteiger partial charge in [0.2, 0.25) is 0 Å². The molecule has 1 rings (SSSR count). The van der Waals surface area contributed by atoms with Gasteiger partial charge in [0, 0.05) is 25.2 Å². The van der Waals surface area contributed by atoms with Crippen LogP contribution in [-0.2, 0) is 4.74 Å². The summed E-state index contributed by atoms with van der Waals surface area (Å²) in [7, 11) is 1.82. The summed E-state index contributed by atoms with van der Waals surface area (Å²) in [4.78, 5) is 13.5. The zero-order chi connectivity index (χ0) is 13.2. The molecule has 0 heterocycles. The molecule has 17 heavy (non-hydrogen) atoms. The van der Waals surface area contributed by atoms with Crippen molar-refractivity contribution in [3.8, 4) is 0 Å². The van der Waals surface area contributed by atoms with Gasteiger partial charge in [-0.3, -0.25) is 0 Å². The van der Waals surface area contributed by atoms with Gasteiger partial charge in [0.15, 0.2) is 0 Å². The van der Waals surface area contributed by atoms with E-state index in [0.29, 0.717) is 18.1 Å². The predicted octanol–water partition coefficient (Wildman–Crippen LogP) is 2.38. The van der Waals surface area contributed by atoms with Crippen LogP contribution in [-0.4, -0.2) is 41.8 Å². The van der Waals surface area contributed by atoms with Crippen molar-refractivity contribution >= 4 is 6.09 Å². The van der Waals surface area contributed by atoms with Gasteiger partial charge in [-0.05, 0) is 33.6 Å². The van der Waals surface area contributed by atoms with Gasteiger partial charge in [0.05, 0.1) is 0 Å². The van der Waals surface area contributed by atoms with Crippen LogP contribution in [0.15, 0.2) is 0 Å². The van der Waals surface area contributed by atoms with Crippen LogP contribution in [0.25, 0.3) is 0 Å². The van der Waals surface area contributed by atoms with Gasteiger partial charge in [-0.25, -0.2) is 4.79 Å². The van der Waals surface area contributed by atoms with E-state index in [2.05, 4.69) is 19.2 Å². The predicted molar refractivity (Wildman–Crippen MR) is 69.1 cm³/mol. The van der Waals surface area contributed by atoms with E-state index < -0.39 is 5.60 Å². The number of nitrogens with zero attached hydrogens (tertiary/aromatic N) is 1. The molecule has 0 radical (unpaired) electrons. The second kappa shape index (κ2) is 5.25. The highest BCUT2D eigenvalue weighted by molar-refractivity contribution is 5.68. The van der Waals surface area contributed by atoms with Gasteiger partial charge >= 0.3 is 6.09 Å². The van der Waals surface area contributed by atoms with Crippen molar-refractivity contribution in [3.05, 3.63) is 0 Å². The molecular formula is C13H26N2O2. The third-order valence-corrected chi connectivity index (χ3v) is 2.91. The first kappa shape index (κ1) is 14.3. The van der Waals surface area contributed by atoms with Crippen molar-refractivity contribution in [1.29, 1.82) is 0 Å². The Labute approximate surface area is 105 Å². The van der Waals surface area contributed by atoms with E-state index in [1.807, 2.05) is 27.8 Å². The molecule has 1 saturated carbocycles. The first-order valence-corrected chi connectivity index (χ1v) is 6.41. The molecule has 4 heteroatoms. The average Bonchev–Trinajstić information content (AvgIpc) is 2.06. The number of hydrogen-bond donors (Lipinski definition) is 1. The number of ether oxygens (including phenoxy) is 1. The molecule has 0 aromatic rings. The highest BCUT2D eigenvalue weighted by Crippen LogP contribution is 2.26. The Kier molecular flexibility index (Phi) is 4.42. The third-order valence-electron chi connectivity index (χ3n) is 2.91. The molecule has 0 aliphatic heterocycles. The first-order chi connectivity index (χ1) is 7.69. The Morgan fingerprint density at radius 1 is 1.35 bits per heavy atom. The molecule has 4 nitrogen and oxygen atoms in total. The summed E-state index contributed by atoms with van der Waals surface area (Å²) in [5.74, 6) is 0. The molecule has 1 aliphatic carbocycles. The minimum absolute atomic E-state index is 0.217. The summed E-state index contributed by atoms with van der Waals surface area (Å²) in [6.45, 7) is 9.96. The lowest BCUT2D eigenvalue weighted by Crippen LogP contribution is -2.54. The second-order valence-corrected chi connectivity index (χ2v) is 6.23. The fourth-order valence-corrected chi connectivity index (χ4v) is 1.99. The molecular weight excluding hydrogens is 216 g/mol. The van der Waals surface area contributed by atoms with E-state index in [1.165, 1.54) is 0 Å². The molecule has 0 unspecified atom stereocenters. The van der Waals surface area contributed by atoms with Gasteiger partial charge < -0.3 is 15.0 Å². The summed E-state index contributed by atoms with van der Waals surface area (Å²) in [5, 5.41) is 3.47. The highest BCUT2D eigenvalue weighted by atomic mass is 16.6. The van der Waals surface area contributed by atoms with Crippen LogP contribution in [0.4, 0.5) is 4.79 Å². The van der Waals surface area contributed by atoms with Crippen molar-refractivity contribution in [2.75, 3.05) is 7.05 Å². The van der Waals surface area contributed by atoms with Crippen molar-refractivity contribution in [2.24, 2.45) is 0 Å². The van der Waals surface area contributed by atoms with Crippen molar-refractivity contribution in [1.82, 2.24) is 10.2 Å². The number of carbonyl (C=O) groups is 1. The van der Waals surface area contributed by atoms with Crippen LogP contribution in [0, 0.1) is 0 Å². The third kappa shape index (κ3) is 4.54. The molecule has 0 aromatic heterocycles. The number of nitrogens with one attached hydrogen (secondary N) is 1. The number of amides is 1. The monoisotopic (exact) mass is 242 g/mol. The van der Waals surface area contributed by atoms with E-state index in [-0.39, 0.29) is 6.09 Å². The van der Waals surface area contributed by atoms with E-state index in [0.717, 1.165) is 12.8 Å². The van der Waals surface area contributed by atoms with Gasteiger partial charge in [-0.2, -0.15) is 0 Å². The molecule has 1 aliphatic rings. The molecule has 0 spiro atoms. The van der Waals surface area contributed by atoms with E-state index in [1.54, 1.807) is 4.90 Å². The molecule has 100 valence electrons. The Morgan fingerprint density at radius 2 is 1.88 bits per heavy atom. The molecule has 1 N–H and O–H groups in total. The zero-order valence-corrected chi connectivity index (χ0v) is 11.9. The summed E-state index contributed by atoms with van der Waals surface area (Å²) in [6.07, 6.45) is 1.83. The Balaban J connectivity index is 2.31. The largest absolute Gasteiger partial charge is 0.444 e. The van der Waals surface area contributed by atoms with Gasteiger partial charge in [-0.1, -0.05) is 13.8 Å². The maximum atomic E-state index is 11.8. The fraction of sp³-hybridized carbons (Fsp3) is 0.923. The molecule has 1 fully saturated rings. The summed E-state index contributed by atoms with van der Waals surface area (Å²) in [5.41, 5.74) is -0.412. The normalized spacial score (nSPS) is 24.4. The Morgan fingerprint density at radius 3 is 2.29 bits per heavy atom. The van der Waals surface area contributed by atoms with Crippen LogP contribution >= 0.6 is 0 Å². The maximum Gasteiger partial charge on any atom is 0.410 e. The summed E-state index contributed by atoms with van der Waals surface area (Å²) in [6, 6.07) is 1.37. The Hall–Kier alpha value is -0.770. The maximum absolute atomic E-state index is 11.8. The van der Waals surface area contributed by atoms with Crippen molar-refractivity contribution in [3.63, 3.8) is 0 Å². The molecule has 0 bridgehead atoms. The average molecular weight is 242 g/mol. The van der Waals surface area contributed by atoms with Crippen LogP contribution in [0.3, 0.4) is 0 Å². The van der Waals surface area contributed by atoms with Gasteiger partial charge in [-0.15, -0.1) is 0 Å². The minimum atomic E-state index is -0.412. The lowest BCUT2D eigenvalue weighted by atomic mass is 9.85. The van der Waals surface area contributed by atoms with Gasteiger partial charge in [0.25, 0.3) is 0 Å². The molecule has 0 saturated heterocycles. The minimum Gasteiger partial charge on any atom is -0.444 e. The lowest BCUT2D eigenvalue weighted by Gasteiger charge is -2.42. The van der Waals surface area contributed by atoms with Crippen molar-refractivity contribution < 1.29 is 9.53 Å². The zero-order valence-electron chi connectivity index (χ0n) is 11.9. The van der Waals surface area contributed by atoms with E-state index in [4.69, 9.17) is 4.74 Å². The standard InChI is InChI=1S/C13H26N2O2/c1-9(2)14-10-7-11(8-10)15(6)12(16)17-13(3,4)5/h9-11,14H,7-8H2,1-6H3/t10-,11-. The molecule has 1 amide bonds. The number of rotatable bonds is 3. The van der Waals surface area contributed by atoms with Crippen LogP contribution in [0.1, 0.15) is 47.5 Å². The van der Waals surface area contributed by atoms with E-state index >= 15 is 0 Å². The van der Waals surface area contributed by atoms with Crippen molar-refractivity contribution in [2.45, 2.75) is 71.2 Å². The van der Waals surface area contributed by atoms with Crippen LogP contribution in [0.2, 0.25) is 0 Å². The quantitative estimate of drug-likeness (QED) is 0.826. The summed E-state index contributed by atoms with van der Waals surface area (Å²) >= 11 is 0. The van der Waals surface area contributed by atoms with Gasteiger partial charge in [0.1, 0.15) is 5.60 Å². The molecule has 0 atom stereocenters. The lowest BCUT2D eigenvalue weighted by molar-refractivity contribution is 0.00995. The topological polar surface area (TPSA) is 41.6 Å². The number of hydrogen-bond acceptors (Lipinski definition) is 3. The Bertz CT molecular complexity index is 265.